The Labute approximate surface area is 95.7 Å². The van der Waals surface area contributed by atoms with Crippen molar-refractivity contribution in [1.82, 2.24) is 4.57 Å². The van der Waals surface area contributed by atoms with Gasteiger partial charge < -0.3 is 16.0 Å². The van der Waals surface area contributed by atoms with Crippen LogP contribution in [0, 0.1) is 0 Å². The molecule has 0 fully saturated rings. The van der Waals surface area contributed by atoms with Crippen molar-refractivity contribution in [3.05, 3.63) is 36.5 Å². The van der Waals surface area contributed by atoms with E-state index in [2.05, 4.69) is 13.8 Å². The van der Waals surface area contributed by atoms with Crippen molar-refractivity contribution in [1.29, 1.82) is 0 Å². The Morgan fingerprint density at radius 3 is 2.25 bits per heavy atom. The molecular weight excluding hydrogens is 198 g/mol. The lowest BCUT2D eigenvalue weighted by atomic mass is 10.1. The lowest BCUT2D eigenvalue weighted by molar-refractivity contribution is 0.612. The molecule has 16 heavy (non-hydrogen) atoms. The fourth-order valence-electron chi connectivity index (χ4n) is 1.88. The summed E-state index contributed by atoms with van der Waals surface area (Å²) < 4.78 is 2.04. The number of anilines is 2. The smallest absolute Gasteiger partial charge is 0.111 e. The highest BCUT2D eigenvalue weighted by atomic mass is 15.1. The summed E-state index contributed by atoms with van der Waals surface area (Å²) >= 11 is 0. The Hall–Kier alpha value is -1.90. The molecule has 0 aliphatic heterocycles. The van der Waals surface area contributed by atoms with Gasteiger partial charge in [-0.25, -0.2) is 0 Å². The summed E-state index contributed by atoms with van der Waals surface area (Å²) in [6.07, 6.45) is 2.00. The van der Waals surface area contributed by atoms with Crippen LogP contribution in [0.3, 0.4) is 0 Å². The van der Waals surface area contributed by atoms with Crippen LogP contribution in [0.4, 0.5) is 11.5 Å². The van der Waals surface area contributed by atoms with Crippen molar-refractivity contribution >= 4 is 11.5 Å². The van der Waals surface area contributed by atoms with Gasteiger partial charge in [-0.05, 0) is 26.0 Å². The lowest BCUT2D eigenvalue weighted by Gasteiger charge is -2.11. The van der Waals surface area contributed by atoms with Gasteiger partial charge in [0.05, 0.1) is 0 Å². The number of nitrogens with zero attached hydrogens (tertiary/aromatic N) is 1. The standard InChI is InChI=1S/C13H17N3/c1-9(2)16-8-7-11(13(16)15)10-5-3-4-6-12(10)14/h3-9H,14-15H2,1-2H3. The van der Waals surface area contributed by atoms with Crippen LogP contribution in [0.5, 0.6) is 0 Å². The highest BCUT2D eigenvalue weighted by Gasteiger charge is 2.11. The molecule has 0 atom stereocenters. The van der Waals surface area contributed by atoms with Gasteiger partial charge in [-0.2, -0.15) is 0 Å². The van der Waals surface area contributed by atoms with E-state index in [0.29, 0.717) is 6.04 Å². The molecule has 0 unspecified atom stereocenters. The largest absolute Gasteiger partial charge is 0.398 e. The minimum Gasteiger partial charge on any atom is -0.398 e. The van der Waals surface area contributed by atoms with Crippen molar-refractivity contribution in [2.75, 3.05) is 11.5 Å². The Morgan fingerprint density at radius 1 is 1.00 bits per heavy atom. The normalized spacial score (nSPS) is 10.9. The van der Waals surface area contributed by atoms with E-state index < -0.39 is 0 Å². The molecule has 0 aliphatic rings. The van der Waals surface area contributed by atoms with Crippen LogP contribution >= 0.6 is 0 Å². The van der Waals surface area contributed by atoms with Gasteiger partial charge >= 0.3 is 0 Å². The average Bonchev–Trinajstić information content (AvgIpc) is 2.61. The number of benzene rings is 1. The molecule has 0 saturated heterocycles. The van der Waals surface area contributed by atoms with E-state index in [9.17, 15) is 0 Å². The maximum atomic E-state index is 6.11. The van der Waals surface area contributed by atoms with E-state index in [4.69, 9.17) is 11.5 Å². The number of aromatic nitrogens is 1. The molecule has 0 spiro atoms. The topological polar surface area (TPSA) is 57.0 Å². The van der Waals surface area contributed by atoms with E-state index in [0.717, 1.165) is 22.6 Å². The second-order valence-corrected chi connectivity index (χ2v) is 4.20. The summed E-state index contributed by atoms with van der Waals surface area (Å²) in [6, 6.07) is 10.2. The van der Waals surface area contributed by atoms with Gasteiger partial charge in [0, 0.05) is 29.1 Å². The molecule has 1 aromatic heterocycles. The average molecular weight is 215 g/mol. The van der Waals surface area contributed by atoms with Gasteiger partial charge in [0.15, 0.2) is 0 Å². The number of hydrogen-bond acceptors (Lipinski definition) is 2. The minimum absolute atomic E-state index is 0.360. The van der Waals surface area contributed by atoms with E-state index in [1.807, 2.05) is 41.1 Å². The summed E-state index contributed by atoms with van der Waals surface area (Å²) in [5, 5.41) is 0. The number of nitrogens with two attached hydrogens (primary N) is 2. The van der Waals surface area contributed by atoms with Crippen LogP contribution < -0.4 is 11.5 Å². The van der Waals surface area contributed by atoms with Crippen LogP contribution in [0.1, 0.15) is 19.9 Å². The molecule has 84 valence electrons. The van der Waals surface area contributed by atoms with Gasteiger partial charge in [-0.15, -0.1) is 0 Å². The molecule has 0 aliphatic carbocycles. The summed E-state index contributed by atoms with van der Waals surface area (Å²) in [6.45, 7) is 4.21. The highest BCUT2D eigenvalue weighted by molar-refractivity contribution is 5.83. The molecule has 0 bridgehead atoms. The summed E-state index contributed by atoms with van der Waals surface area (Å²) in [5.74, 6) is 0.771. The van der Waals surface area contributed by atoms with Crippen molar-refractivity contribution in [3.63, 3.8) is 0 Å². The van der Waals surface area contributed by atoms with E-state index in [-0.39, 0.29) is 0 Å². The van der Waals surface area contributed by atoms with Gasteiger partial charge in [-0.1, -0.05) is 18.2 Å². The predicted molar refractivity (Wildman–Crippen MR) is 69.1 cm³/mol. The Bertz CT molecular complexity index is 498. The third-order valence-corrected chi connectivity index (χ3v) is 2.76. The predicted octanol–water partition coefficient (Wildman–Crippen LogP) is 2.90. The highest BCUT2D eigenvalue weighted by Crippen LogP contribution is 2.32. The van der Waals surface area contributed by atoms with Crippen molar-refractivity contribution in [3.8, 4) is 11.1 Å². The molecule has 4 N–H and O–H groups in total. The molecule has 3 nitrogen and oxygen atoms in total. The Kier molecular flexibility index (Phi) is 2.60. The lowest BCUT2D eigenvalue weighted by Crippen LogP contribution is -2.04. The van der Waals surface area contributed by atoms with Crippen molar-refractivity contribution in [2.24, 2.45) is 0 Å². The third kappa shape index (κ3) is 1.65. The summed E-state index contributed by atoms with van der Waals surface area (Å²) in [7, 11) is 0. The zero-order chi connectivity index (χ0) is 11.7. The van der Waals surface area contributed by atoms with Crippen LogP contribution in [-0.2, 0) is 0 Å². The van der Waals surface area contributed by atoms with Gasteiger partial charge in [-0.3, -0.25) is 0 Å². The maximum absolute atomic E-state index is 6.11. The molecule has 1 aromatic carbocycles. The monoisotopic (exact) mass is 215 g/mol. The fourth-order valence-corrected chi connectivity index (χ4v) is 1.88. The summed E-state index contributed by atoms with van der Waals surface area (Å²) in [4.78, 5) is 0. The summed E-state index contributed by atoms with van der Waals surface area (Å²) in [5.41, 5.74) is 14.8. The number of nitrogen functional groups attached to an aromatic ring is 2. The van der Waals surface area contributed by atoms with Gasteiger partial charge in [0.25, 0.3) is 0 Å². The zero-order valence-corrected chi connectivity index (χ0v) is 9.64. The molecular formula is C13H17N3. The number of hydrogen-bond donors (Lipinski definition) is 2. The van der Waals surface area contributed by atoms with Crippen LogP contribution in [0.15, 0.2) is 36.5 Å². The zero-order valence-electron chi connectivity index (χ0n) is 9.64. The molecule has 1 heterocycles. The molecule has 0 saturated carbocycles. The molecule has 0 radical (unpaired) electrons. The maximum Gasteiger partial charge on any atom is 0.111 e. The molecule has 2 rings (SSSR count). The Balaban J connectivity index is 2.54. The molecule has 2 aromatic rings. The van der Waals surface area contributed by atoms with Crippen molar-refractivity contribution in [2.45, 2.75) is 19.9 Å². The van der Waals surface area contributed by atoms with Crippen LogP contribution in [0.2, 0.25) is 0 Å². The van der Waals surface area contributed by atoms with E-state index in [1.54, 1.807) is 0 Å². The molecule has 0 amide bonds. The van der Waals surface area contributed by atoms with Gasteiger partial charge in [0.2, 0.25) is 0 Å². The van der Waals surface area contributed by atoms with Crippen molar-refractivity contribution < 1.29 is 0 Å². The minimum atomic E-state index is 0.360. The second-order valence-electron chi connectivity index (χ2n) is 4.20. The quantitative estimate of drug-likeness (QED) is 0.757. The van der Waals surface area contributed by atoms with Gasteiger partial charge in [0.1, 0.15) is 5.82 Å². The van der Waals surface area contributed by atoms with Crippen LogP contribution in [-0.4, -0.2) is 4.57 Å². The van der Waals surface area contributed by atoms with E-state index >= 15 is 0 Å². The first kappa shape index (κ1) is 10.6. The van der Waals surface area contributed by atoms with E-state index in [1.165, 1.54) is 0 Å². The third-order valence-electron chi connectivity index (χ3n) is 2.76. The molecule has 3 heteroatoms. The first-order valence-electron chi connectivity index (χ1n) is 5.42. The Morgan fingerprint density at radius 2 is 1.69 bits per heavy atom. The number of rotatable bonds is 2. The number of para-hydroxylation sites is 1. The second kappa shape index (κ2) is 3.93. The fraction of sp³-hybridized carbons (Fsp3) is 0.231. The SMILES string of the molecule is CC(C)n1ccc(-c2ccccc2N)c1N. The first-order valence-corrected chi connectivity index (χ1v) is 5.42. The van der Waals surface area contributed by atoms with Crippen LogP contribution in [0.25, 0.3) is 11.1 Å². The first-order chi connectivity index (χ1) is 7.61.